The third-order valence-electron chi connectivity index (χ3n) is 3.86. The highest BCUT2D eigenvalue weighted by Gasteiger charge is 2.27. The van der Waals surface area contributed by atoms with Crippen molar-refractivity contribution < 1.29 is 9.59 Å². The first kappa shape index (κ1) is 19.1. The Morgan fingerprint density at radius 1 is 0.526 bits per heavy atom. The normalized spacial score (nSPS) is 12.0. The zero-order valence-corrected chi connectivity index (χ0v) is 14.3. The molecule has 0 aromatic rings. The van der Waals surface area contributed by atoms with Crippen LogP contribution in [0.2, 0.25) is 12.1 Å². The molecule has 3 heteroatoms. The molecule has 0 bridgehead atoms. The standard InChI is InChI=1S/C16H36O2Si/c1-3-5-7-9-11-13-15-19(17,18)16-14-12-10-8-6-4-2/h17-18H,3-16H2,1-2H3. The summed E-state index contributed by atoms with van der Waals surface area (Å²) in [5, 5.41) is 0. The zero-order chi connectivity index (χ0) is 14.4. The lowest BCUT2D eigenvalue weighted by Crippen LogP contribution is -2.33. The van der Waals surface area contributed by atoms with Gasteiger partial charge in [-0.15, -0.1) is 0 Å². The summed E-state index contributed by atoms with van der Waals surface area (Å²) in [7, 11) is -2.84. The highest BCUT2D eigenvalue weighted by Crippen LogP contribution is 2.19. The predicted octanol–water partition coefficient (Wildman–Crippen LogP) is 5.13. The summed E-state index contributed by atoms with van der Waals surface area (Å²) in [4.78, 5) is 20.0. The largest absolute Gasteiger partial charge is 0.411 e. The zero-order valence-electron chi connectivity index (χ0n) is 13.3. The molecule has 0 rings (SSSR count). The molecule has 0 aliphatic heterocycles. The van der Waals surface area contributed by atoms with E-state index in [9.17, 15) is 9.59 Å². The van der Waals surface area contributed by atoms with Crippen molar-refractivity contribution >= 4 is 8.56 Å². The minimum atomic E-state index is -2.84. The first-order chi connectivity index (χ1) is 9.12. The van der Waals surface area contributed by atoms with Crippen LogP contribution in [-0.2, 0) is 0 Å². The lowest BCUT2D eigenvalue weighted by atomic mass is 10.1. The van der Waals surface area contributed by atoms with Crippen LogP contribution in [0.4, 0.5) is 0 Å². The van der Waals surface area contributed by atoms with Crippen LogP contribution in [0, 0.1) is 0 Å². The summed E-state index contributed by atoms with van der Waals surface area (Å²) in [6, 6.07) is 1.38. The van der Waals surface area contributed by atoms with Crippen LogP contribution in [0.1, 0.15) is 90.9 Å². The highest BCUT2D eigenvalue weighted by molar-refractivity contribution is 6.64. The van der Waals surface area contributed by atoms with E-state index in [1.807, 2.05) is 0 Å². The Morgan fingerprint density at radius 2 is 0.842 bits per heavy atom. The summed E-state index contributed by atoms with van der Waals surface area (Å²) < 4.78 is 0. The molecule has 0 radical (unpaired) electrons. The predicted molar refractivity (Wildman–Crippen MR) is 86.6 cm³/mol. The Balaban J connectivity index is 3.36. The fourth-order valence-electron chi connectivity index (χ4n) is 2.50. The monoisotopic (exact) mass is 288 g/mol. The second kappa shape index (κ2) is 13.1. The van der Waals surface area contributed by atoms with Gasteiger partial charge in [-0.25, -0.2) is 0 Å². The summed E-state index contributed by atoms with van der Waals surface area (Å²) in [5.74, 6) is 0. The molecule has 0 saturated heterocycles. The third kappa shape index (κ3) is 14.4. The molecular formula is C16H36O2Si. The van der Waals surface area contributed by atoms with Crippen LogP contribution in [0.15, 0.2) is 0 Å². The molecular weight excluding hydrogens is 252 g/mol. The Kier molecular flexibility index (Phi) is 13.2. The maximum Gasteiger partial charge on any atom is 0.332 e. The van der Waals surface area contributed by atoms with Crippen molar-refractivity contribution in [3.8, 4) is 0 Å². The van der Waals surface area contributed by atoms with Gasteiger partial charge < -0.3 is 9.59 Å². The van der Waals surface area contributed by atoms with E-state index < -0.39 is 8.56 Å². The van der Waals surface area contributed by atoms with Gasteiger partial charge >= 0.3 is 8.56 Å². The van der Waals surface area contributed by atoms with Gasteiger partial charge in [0.05, 0.1) is 0 Å². The van der Waals surface area contributed by atoms with E-state index in [4.69, 9.17) is 0 Å². The maximum absolute atomic E-state index is 10.0. The number of hydrogen-bond donors (Lipinski definition) is 2. The maximum atomic E-state index is 10.0. The molecule has 2 nitrogen and oxygen atoms in total. The van der Waals surface area contributed by atoms with Crippen LogP contribution in [0.25, 0.3) is 0 Å². The molecule has 0 unspecified atom stereocenters. The summed E-state index contributed by atoms with van der Waals surface area (Å²) >= 11 is 0. The molecule has 0 aliphatic rings. The van der Waals surface area contributed by atoms with Gasteiger partial charge in [0.2, 0.25) is 0 Å². The van der Waals surface area contributed by atoms with Gasteiger partial charge in [0.15, 0.2) is 0 Å². The average Bonchev–Trinajstić information content (AvgIpc) is 2.38. The third-order valence-corrected chi connectivity index (χ3v) is 6.17. The molecule has 0 heterocycles. The van der Waals surface area contributed by atoms with Crippen molar-refractivity contribution in [3.05, 3.63) is 0 Å². The molecule has 0 atom stereocenters. The fraction of sp³-hybridized carbons (Fsp3) is 1.00. The molecule has 0 saturated carbocycles. The molecule has 2 N–H and O–H groups in total. The van der Waals surface area contributed by atoms with Gasteiger partial charge in [-0.1, -0.05) is 90.9 Å². The second-order valence-corrected chi connectivity index (χ2v) is 8.98. The molecule has 0 aromatic heterocycles. The first-order valence-electron chi connectivity index (χ1n) is 8.57. The topological polar surface area (TPSA) is 40.5 Å². The van der Waals surface area contributed by atoms with E-state index in [0.29, 0.717) is 12.1 Å². The van der Waals surface area contributed by atoms with Crippen LogP contribution < -0.4 is 0 Å². The van der Waals surface area contributed by atoms with Crippen molar-refractivity contribution in [1.82, 2.24) is 0 Å². The Hall–Kier alpha value is 0.137. The molecule has 0 spiro atoms. The summed E-state index contributed by atoms with van der Waals surface area (Å²) in [6.07, 6.45) is 14.7. The Labute approximate surface area is 121 Å². The van der Waals surface area contributed by atoms with Crippen molar-refractivity contribution in [3.63, 3.8) is 0 Å². The van der Waals surface area contributed by atoms with Crippen LogP contribution >= 0.6 is 0 Å². The van der Waals surface area contributed by atoms with Crippen LogP contribution in [-0.4, -0.2) is 18.2 Å². The minimum Gasteiger partial charge on any atom is -0.411 e. The summed E-state index contributed by atoms with van der Waals surface area (Å²) in [5.41, 5.74) is 0. The van der Waals surface area contributed by atoms with Gasteiger partial charge in [0.1, 0.15) is 0 Å². The first-order valence-corrected chi connectivity index (χ1v) is 10.9. The second-order valence-electron chi connectivity index (χ2n) is 6.02. The number of hydrogen-bond acceptors (Lipinski definition) is 2. The van der Waals surface area contributed by atoms with E-state index in [2.05, 4.69) is 13.8 Å². The smallest absolute Gasteiger partial charge is 0.332 e. The van der Waals surface area contributed by atoms with Gasteiger partial charge in [-0.05, 0) is 12.1 Å². The molecule has 0 aromatic carbocycles. The molecule has 19 heavy (non-hydrogen) atoms. The highest BCUT2D eigenvalue weighted by atomic mass is 28.4. The van der Waals surface area contributed by atoms with E-state index >= 15 is 0 Å². The molecule has 0 aliphatic carbocycles. The van der Waals surface area contributed by atoms with E-state index in [-0.39, 0.29) is 0 Å². The molecule has 0 fully saturated rings. The van der Waals surface area contributed by atoms with Crippen molar-refractivity contribution in [2.75, 3.05) is 0 Å². The lowest BCUT2D eigenvalue weighted by molar-refractivity contribution is 0.350. The van der Waals surface area contributed by atoms with E-state index in [0.717, 1.165) is 12.8 Å². The molecule has 0 amide bonds. The lowest BCUT2D eigenvalue weighted by Gasteiger charge is -2.17. The average molecular weight is 289 g/mol. The van der Waals surface area contributed by atoms with E-state index in [1.54, 1.807) is 0 Å². The van der Waals surface area contributed by atoms with E-state index in [1.165, 1.54) is 64.2 Å². The van der Waals surface area contributed by atoms with Gasteiger partial charge in [0, 0.05) is 0 Å². The van der Waals surface area contributed by atoms with Gasteiger partial charge in [-0.3, -0.25) is 0 Å². The summed E-state index contributed by atoms with van der Waals surface area (Å²) in [6.45, 7) is 4.44. The van der Waals surface area contributed by atoms with Gasteiger partial charge in [0.25, 0.3) is 0 Å². The molecule has 116 valence electrons. The number of unbranched alkanes of at least 4 members (excludes halogenated alkanes) is 10. The quantitative estimate of drug-likeness (QED) is 0.343. The van der Waals surface area contributed by atoms with Crippen LogP contribution in [0.3, 0.4) is 0 Å². The van der Waals surface area contributed by atoms with Crippen LogP contribution in [0.5, 0.6) is 0 Å². The Morgan fingerprint density at radius 3 is 1.21 bits per heavy atom. The van der Waals surface area contributed by atoms with Gasteiger partial charge in [-0.2, -0.15) is 0 Å². The SMILES string of the molecule is CCCCCCCC[Si](O)(O)CCCCCCCC. The minimum absolute atomic E-state index is 0.689. The number of rotatable bonds is 14. The fourth-order valence-corrected chi connectivity index (χ4v) is 4.38. The Bertz CT molecular complexity index is 166. The van der Waals surface area contributed by atoms with Crippen molar-refractivity contribution in [2.24, 2.45) is 0 Å². The van der Waals surface area contributed by atoms with Crippen molar-refractivity contribution in [2.45, 2.75) is 103 Å². The van der Waals surface area contributed by atoms with Crippen molar-refractivity contribution in [1.29, 1.82) is 0 Å².